The molecule has 0 spiro atoms. The van der Waals surface area contributed by atoms with Gasteiger partial charge in [-0.25, -0.2) is 0 Å². The summed E-state index contributed by atoms with van der Waals surface area (Å²) in [6.45, 7) is 0. The fraction of sp³-hybridized carbons (Fsp3) is 0.250. The molecule has 0 aliphatic carbocycles. The molecule has 0 radical (unpaired) electrons. The maximum Gasteiger partial charge on any atom is 0.407 e. The number of aromatic hydroxyl groups is 1. The maximum absolute atomic E-state index is 12.2. The van der Waals surface area contributed by atoms with Crippen LogP contribution in [0.3, 0.4) is 0 Å². The summed E-state index contributed by atoms with van der Waals surface area (Å²) in [6, 6.07) is 1.54. The Labute approximate surface area is 86.7 Å². The highest BCUT2D eigenvalue weighted by Crippen LogP contribution is 2.35. The van der Waals surface area contributed by atoms with Gasteiger partial charge >= 0.3 is 6.18 Å². The van der Waals surface area contributed by atoms with Crippen LogP contribution in [0.15, 0.2) is 22.7 Å². The van der Waals surface area contributed by atoms with Gasteiger partial charge in [0.1, 0.15) is 11.8 Å². The number of nitrogens with two attached hydrogens (primary N) is 1. The van der Waals surface area contributed by atoms with E-state index in [-0.39, 0.29) is 5.56 Å². The van der Waals surface area contributed by atoms with Gasteiger partial charge in [0, 0.05) is 10.0 Å². The number of hydrogen-bond donors (Lipinski definition) is 2. The van der Waals surface area contributed by atoms with Gasteiger partial charge < -0.3 is 10.8 Å². The Morgan fingerprint density at radius 1 is 1.36 bits per heavy atom. The van der Waals surface area contributed by atoms with Gasteiger partial charge in [0.2, 0.25) is 0 Å². The van der Waals surface area contributed by atoms with Crippen molar-refractivity contribution in [3.63, 3.8) is 0 Å². The van der Waals surface area contributed by atoms with Crippen molar-refractivity contribution in [3.8, 4) is 5.75 Å². The van der Waals surface area contributed by atoms with E-state index in [4.69, 9.17) is 5.73 Å². The summed E-state index contributed by atoms with van der Waals surface area (Å²) < 4.78 is 37.0. The number of alkyl halides is 3. The molecule has 0 amide bonds. The van der Waals surface area contributed by atoms with E-state index >= 15 is 0 Å². The van der Waals surface area contributed by atoms with Crippen LogP contribution in [0.1, 0.15) is 11.6 Å². The first-order chi connectivity index (χ1) is 6.32. The van der Waals surface area contributed by atoms with Crippen molar-refractivity contribution in [2.45, 2.75) is 12.2 Å². The molecule has 0 aromatic heterocycles. The van der Waals surface area contributed by atoms with Crippen molar-refractivity contribution in [1.29, 1.82) is 0 Å². The third-order valence-electron chi connectivity index (χ3n) is 1.68. The van der Waals surface area contributed by atoms with E-state index in [0.717, 1.165) is 6.07 Å². The predicted molar refractivity (Wildman–Crippen MR) is 48.8 cm³/mol. The molecule has 0 saturated heterocycles. The molecule has 0 heterocycles. The lowest BCUT2D eigenvalue weighted by Crippen LogP contribution is -2.28. The molecule has 2 nitrogen and oxygen atoms in total. The zero-order valence-corrected chi connectivity index (χ0v) is 8.43. The minimum Gasteiger partial charge on any atom is -0.508 e. The molecule has 1 rings (SSSR count). The highest BCUT2D eigenvalue weighted by molar-refractivity contribution is 9.10. The molecular formula is C8H7BrF3NO. The molecule has 0 fully saturated rings. The summed E-state index contributed by atoms with van der Waals surface area (Å²) in [7, 11) is 0. The monoisotopic (exact) mass is 269 g/mol. The molecule has 78 valence electrons. The number of benzene rings is 1. The maximum atomic E-state index is 12.2. The molecule has 1 atom stereocenters. The molecule has 6 heteroatoms. The number of phenols is 1. The number of rotatable bonds is 1. The van der Waals surface area contributed by atoms with Gasteiger partial charge in [-0.05, 0) is 12.1 Å². The van der Waals surface area contributed by atoms with Gasteiger partial charge in [0.25, 0.3) is 0 Å². The van der Waals surface area contributed by atoms with Gasteiger partial charge in [-0.2, -0.15) is 13.2 Å². The molecule has 1 aromatic carbocycles. The summed E-state index contributed by atoms with van der Waals surface area (Å²) in [6.07, 6.45) is -4.55. The Morgan fingerprint density at radius 2 is 1.93 bits per heavy atom. The summed E-state index contributed by atoms with van der Waals surface area (Å²) in [5.74, 6) is -0.468. The lowest BCUT2D eigenvalue weighted by Gasteiger charge is -2.16. The predicted octanol–water partition coefficient (Wildman–Crippen LogP) is 2.72. The fourth-order valence-electron chi connectivity index (χ4n) is 0.956. The minimum atomic E-state index is -4.55. The van der Waals surface area contributed by atoms with Crippen molar-refractivity contribution < 1.29 is 18.3 Å². The van der Waals surface area contributed by atoms with E-state index in [1.807, 2.05) is 0 Å². The zero-order valence-electron chi connectivity index (χ0n) is 6.85. The average molecular weight is 270 g/mol. The zero-order chi connectivity index (χ0) is 10.9. The number of hydrogen-bond acceptors (Lipinski definition) is 2. The lowest BCUT2D eigenvalue weighted by molar-refractivity contribution is -0.149. The highest BCUT2D eigenvalue weighted by Gasteiger charge is 2.39. The smallest absolute Gasteiger partial charge is 0.407 e. The highest BCUT2D eigenvalue weighted by atomic mass is 79.9. The quantitative estimate of drug-likeness (QED) is 0.824. The van der Waals surface area contributed by atoms with Crippen LogP contribution in [0, 0.1) is 0 Å². The van der Waals surface area contributed by atoms with Crippen molar-refractivity contribution in [2.75, 3.05) is 0 Å². The second-order valence-corrected chi connectivity index (χ2v) is 3.64. The van der Waals surface area contributed by atoms with Crippen LogP contribution in [-0.2, 0) is 0 Å². The molecule has 0 bridgehead atoms. The molecule has 0 saturated carbocycles. The van der Waals surface area contributed by atoms with Crippen LogP contribution in [-0.4, -0.2) is 11.3 Å². The summed E-state index contributed by atoms with van der Waals surface area (Å²) in [5, 5.41) is 9.22. The number of phenolic OH excluding ortho intramolecular Hbond substituents is 1. The van der Waals surface area contributed by atoms with Crippen molar-refractivity contribution in [3.05, 3.63) is 28.2 Å². The van der Waals surface area contributed by atoms with E-state index in [1.54, 1.807) is 0 Å². The third-order valence-corrected chi connectivity index (χ3v) is 2.17. The van der Waals surface area contributed by atoms with Crippen LogP contribution in [0.2, 0.25) is 0 Å². The molecular weight excluding hydrogens is 263 g/mol. The molecule has 14 heavy (non-hydrogen) atoms. The Kier molecular flexibility index (Phi) is 3.06. The third kappa shape index (κ3) is 2.39. The number of halogens is 4. The Hall–Kier alpha value is -0.750. The van der Waals surface area contributed by atoms with E-state index in [9.17, 15) is 18.3 Å². The largest absolute Gasteiger partial charge is 0.508 e. The van der Waals surface area contributed by atoms with Crippen LogP contribution >= 0.6 is 15.9 Å². The minimum absolute atomic E-state index is 0.333. The Morgan fingerprint density at radius 3 is 2.36 bits per heavy atom. The first kappa shape index (κ1) is 11.3. The molecule has 1 aromatic rings. The van der Waals surface area contributed by atoms with Crippen LogP contribution < -0.4 is 5.73 Å². The lowest BCUT2D eigenvalue weighted by atomic mass is 10.1. The van der Waals surface area contributed by atoms with Gasteiger partial charge in [-0.15, -0.1) is 0 Å². The van der Waals surface area contributed by atoms with E-state index in [2.05, 4.69) is 15.9 Å². The van der Waals surface area contributed by atoms with Crippen LogP contribution in [0.25, 0.3) is 0 Å². The SMILES string of the molecule is N[C@H](c1ccc(Br)cc1O)C(F)(F)F. The van der Waals surface area contributed by atoms with Gasteiger partial charge in [0.05, 0.1) is 0 Å². The van der Waals surface area contributed by atoms with Gasteiger partial charge in [0.15, 0.2) is 0 Å². The van der Waals surface area contributed by atoms with Gasteiger partial charge in [-0.1, -0.05) is 22.0 Å². The molecule has 3 N–H and O–H groups in total. The standard InChI is InChI=1S/C8H7BrF3NO/c9-4-1-2-5(6(14)3-4)7(13)8(10,11)12/h1-3,7,14H,13H2/t7-/m1/s1. The summed E-state index contributed by atoms with van der Waals surface area (Å²) >= 11 is 3.01. The first-order valence-corrected chi connectivity index (χ1v) is 4.42. The van der Waals surface area contributed by atoms with Crippen LogP contribution in [0.5, 0.6) is 5.75 Å². The molecule has 0 aliphatic rings. The van der Waals surface area contributed by atoms with E-state index in [0.29, 0.717) is 4.47 Å². The topological polar surface area (TPSA) is 46.2 Å². The van der Waals surface area contributed by atoms with E-state index < -0.39 is 18.0 Å². The first-order valence-electron chi connectivity index (χ1n) is 3.63. The Bertz CT molecular complexity index is 340. The molecule has 0 unspecified atom stereocenters. The average Bonchev–Trinajstić information content (AvgIpc) is 2.01. The van der Waals surface area contributed by atoms with Crippen molar-refractivity contribution in [1.82, 2.24) is 0 Å². The second kappa shape index (κ2) is 3.78. The van der Waals surface area contributed by atoms with Gasteiger partial charge in [-0.3, -0.25) is 0 Å². The van der Waals surface area contributed by atoms with Crippen LogP contribution in [0.4, 0.5) is 13.2 Å². The van der Waals surface area contributed by atoms with Crippen molar-refractivity contribution in [2.24, 2.45) is 5.73 Å². The molecule has 0 aliphatic heterocycles. The fourth-order valence-corrected chi connectivity index (χ4v) is 1.31. The normalized spacial score (nSPS) is 14.1. The summed E-state index contributed by atoms with van der Waals surface area (Å²) in [4.78, 5) is 0. The second-order valence-electron chi connectivity index (χ2n) is 2.72. The Balaban J connectivity index is 3.08. The summed E-state index contributed by atoms with van der Waals surface area (Å²) in [5.41, 5.74) is 4.59. The van der Waals surface area contributed by atoms with Crippen molar-refractivity contribution >= 4 is 15.9 Å². The van der Waals surface area contributed by atoms with E-state index in [1.165, 1.54) is 12.1 Å².